The summed E-state index contributed by atoms with van der Waals surface area (Å²) in [5.41, 5.74) is 14.9. The number of benzene rings is 9. The van der Waals surface area contributed by atoms with Gasteiger partial charge in [0.25, 0.3) is 0 Å². The fourth-order valence-electron chi connectivity index (χ4n) is 10.5. The molecule has 334 valence electrons. The highest BCUT2D eigenvalue weighted by atomic mass is 16.3. The highest BCUT2D eigenvalue weighted by Gasteiger charge is 2.25. The number of hydrogen-bond acceptors (Lipinski definition) is 5. The maximum absolute atomic E-state index is 10.9. The largest absolute Gasteiger partial charge is 0.454 e. The number of hydrogen-bond donors (Lipinski definition) is 0. The van der Waals surface area contributed by atoms with Crippen LogP contribution in [-0.4, -0.2) is 0 Å². The number of fused-ring (bicyclic) bond motifs is 8. The van der Waals surface area contributed by atoms with Crippen LogP contribution in [-0.2, 0) is 0 Å². The van der Waals surface area contributed by atoms with Crippen molar-refractivity contribution in [3.63, 3.8) is 0 Å². The second-order valence-electron chi connectivity index (χ2n) is 19.6. The highest BCUT2D eigenvalue weighted by Crippen LogP contribution is 2.47. The molecule has 11 aromatic rings. The Bertz CT molecular complexity index is 3460. The number of furan rings is 2. The zero-order valence-electron chi connectivity index (χ0n) is 40.1. The molecule has 0 saturated carbocycles. The third-order valence-corrected chi connectivity index (χ3v) is 13.9. The van der Waals surface area contributed by atoms with Gasteiger partial charge in [0.2, 0.25) is 0 Å². The van der Waals surface area contributed by atoms with Crippen LogP contribution in [0.1, 0.15) is 107 Å². The van der Waals surface area contributed by atoms with Crippen LogP contribution in [0.2, 0.25) is 0 Å². The van der Waals surface area contributed by atoms with Crippen LogP contribution in [0.25, 0.3) is 65.4 Å². The van der Waals surface area contributed by atoms with Gasteiger partial charge >= 0.3 is 0 Å². The van der Waals surface area contributed by atoms with Crippen LogP contribution in [0.3, 0.4) is 0 Å². The Morgan fingerprint density at radius 1 is 0.368 bits per heavy atom. The van der Waals surface area contributed by atoms with Crippen LogP contribution in [0.15, 0.2) is 173 Å². The van der Waals surface area contributed by atoms with Gasteiger partial charge in [0, 0.05) is 55.7 Å². The van der Waals surface area contributed by atoms with Gasteiger partial charge in [0.05, 0.1) is 0 Å². The molecule has 0 fully saturated rings. The van der Waals surface area contributed by atoms with E-state index in [0.717, 1.165) is 65.6 Å². The number of nitrogens with zero attached hydrogens (tertiary/aromatic N) is 3. The summed E-state index contributed by atoms with van der Waals surface area (Å²) in [5, 5.41) is 18.9. The van der Waals surface area contributed by atoms with Crippen molar-refractivity contribution in [1.29, 1.82) is 5.26 Å². The normalized spacial score (nSPS) is 12.0. The van der Waals surface area contributed by atoms with Gasteiger partial charge in [-0.3, -0.25) is 0 Å². The van der Waals surface area contributed by atoms with Crippen molar-refractivity contribution < 1.29 is 8.83 Å². The first-order valence-electron chi connectivity index (χ1n) is 24.1. The number of rotatable bonds is 10. The summed E-state index contributed by atoms with van der Waals surface area (Å²) in [6, 6.07) is 61.7. The molecule has 0 aliphatic heterocycles. The van der Waals surface area contributed by atoms with Gasteiger partial charge in [0.1, 0.15) is 22.8 Å². The Balaban J connectivity index is 1.05. The summed E-state index contributed by atoms with van der Waals surface area (Å²) in [5.74, 6) is 1.34. The quantitative estimate of drug-likeness (QED) is 0.137. The summed E-state index contributed by atoms with van der Waals surface area (Å²) in [4.78, 5) is 4.83. The topological polar surface area (TPSA) is 56.6 Å². The molecule has 5 heteroatoms. The lowest BCUT2D eigenvalue weighted by Gasteiger charge is -2.31. The van der Waals surface area contributed by atoms with E-state index in [1.165, 1.54) is 45.0 Å². The average molecular weight is 886 g/mol. The van der Waals surface area contributed by atoms with Gasteiger partial charge in [-0.05, 0) is 146 Å². The molecule has 9 aromatic carbocycles. The van der Waals surface area contributed by atoms with E-state index >= 15 is 0 Å². The molecule has 68 heavy (non-hydrogen) atoms. The van der Waals surface area contributed by atoms with Gasteiger partial charge in [-0.25, -0.2) is 0 Å². The number of anilines is 6. The first kappa shape index (κ1) is 42.8. The lowest BCUT2D eigenvalue weighted by atomic mass is 9.96. The maximum Gasteiger partial charge on any atom is 0.157 e. The molecule has 0 unspecified atom stereocenters. The smallest absolute Gasteiger partial charge is 0.157 e. The minimum absolute atomic E-state index is 0.335. The molecular formula is C63H55N3O2. The Hall–Kier alpha value is -7.81. The van der Waals surface area contributed by atoms with Gasteiger partial charge in [-0.1, -0.05) is 140 Å². The summed E-state index contributed by atoms with van der Waals surface area (Å²) in [7, 11) is 0. The summed E-state index contributed by atoms with van der Waals surface area (Å²) >= 11 is 0. The SMILES string of the molecule is CC(C)c1ccccc1N(c1ccc2cc3c(cc2c1)oc1c(C#N)c2oc4cc5cc(N(c6ccccc6C(C)C)c6ccccc6C(C)C)ccc5cc4c2cc13)c1ccccc1C(C)C. The van der Waals surface area contributed by atoms with E-state index in [2.05, 4.69) is 235 Å². The van der Waals surface area contributed by atoms with Crippen molar-refractivity contribution in [3.8, 4) is 6.07 Å². The minimum Gasteiger partial charge on any atom is -0.454 e. The van der Waals surface area contributed by atoms with Crippen LogP contribution in [0.4, 0.5) is 34.1 Å². The second-order valence-corrected chi connectivity index (χ2v) is 19.6. The Morgan fingerprint density at radius 3 is 1.03 bits per heavy atom. The second kappa shape index (κ2) is 16.8. The third kappa shape index (κ3) is 7.06. The van der Waals surface area contributed by atoms with Crippen molar-refractivity contribution in [2.45, 2.75) is 79.1 Å². The zero-order chi connectivity index (χ0) is 47.0. The van der Waals surface area contributed by atoms with Crippen molar-refractivity contribution in [2.24, 2.45) is 0 Å². The Morgan fingerprint density at radius 2 is 0.706 bits per heavy atom. The van der Waals surface area contributed by atoms with Crippen molar-refractivity contribution >= 4 is 99.5 Å². The zero-order valence-corrected chi connectivity index (χ0v) is 40.1. The van der Waals surface area contributed by atoms with E-state index in [0.29, 0.717) is 40.4 Å². The standard InChI is InChI=1S/C63H55N3O2/c1-37(2)47-17-9-13-21-56(47)65(57-22-14-10-18-48(57)38(3)4)45-27-25-41-31-51-53-35-54-52-32-42-26-28-46(66(58-23-15-11-19-49(58)39(5)6)59-24-16-12-20-50(59)40(7)8)30-44(42)34-61(52)68-63(54)55(36-64)62(53)67-60(51)33-43(41)29-45/h9-35,37-40H,1-8H3. The molecule has 5 nitrogen and oxygen atoms in total. The number of para-hydroxylation sites is 4. The molecule has 0 saturated heterocycles. The monoisotopic (exact) mass is 885 g/mol. The predicted molar refractivity (Wildman–Crippen MR) is 286 cm³/mol. The Kier molecular flexibility index (Phi) is 10.6. The minimum atomic E-state index is 0.335. The lowest BCUT2D eigenvalue weighted by molar-refractivity contribution is 0.654. The molecular weight excluding hydrogens is 831 g/mol. The summed E-state index contributed by atoms with van der Waals surface area (Å²) < 4.78 is 13.4. The molecule has 2 heterocycles. The van der Waals surface area contributed by atoms with Crippen molar-refractivity contribution in [2.75, 3.05) is 9.80 Å². The van der Waals surface area contributed by atoms with Gasteiger partial charge in [-0.2, -0.15) is 5.26 Å². The van der Waals surface area contributed by atoms with Crippen LogP contribution >= 0.6 is 0 Å². The summed E-state index contributed by atoms with van der Waals surface area (Å²) in [6.45, 7) is 18.1. The fourth-order valence-corrected chi connectivity index (χ4v) is 10.5. The fraction of sp³-hybridized carbons (Fsp3) is 0.190. The van der Waals surface area contributed by atoms with Gasteiger partial charge in [-0.15, -0.1) is 0 Å². The third-order valence-electron chi connectivity index (χ3n) is 13.9. The average Bonchev–Trinajstić information content (AvgIpc) is 3.88. The molecule has 0 atom stereocenters. The molecule has 0 aliphatic carbocycles. The maximum atomic E-state index is 10.9. The van der Waals surface area contributed by atoms with Crippen molar-refractivity contribution in [1.82, 2.24) is 0 Å². The van der Waals surface area contributed by atoms with Crippen LogP contribution < -0.4 is 9.80 Å². The van der Waals surface area contributed by atoms with E-state index < -0.39 is 0 Å². The summed E-state index contributed by atoms with van der Waals surface area (Å²) in [6.07, 6.45) is 0. The molecule has 0 N–H and O–H groups in total. The molecule has 0 amide bonds. The van der Waals surface area contributed by atoms with Gasteiger partial charge in [0.15, 0.2) is 11.2 Å². The van der Waals surface area contributed by atoms with Crippen LogP contribution in [0, 0.1) is 11.3 Å². The molecule has 2 aromatic heterocycles. The van der Waals surface area contributed by atoms with E-state index in [9.17, 15) is 5.26 Å². The van der Waals surface area contributed by atoms with E-state index in [1.54, 1.807) is 0 Å². The van der Waals surface area contributed by atoms with E-state index in [-0.39, 0.29) is 0 Å². The first-order valence-corrected chi connectivity index (χ1v) is 24.1. The predicted octanol–water partition coefficient (Wildman–Crippen LogP) is 19.1. The van der Waals surface area contributed by atoms with E-state index in [4.69, 9.17) is 8.83 Å². The molecule has 11 rings (SSSR count). The Labute approximate surface area is 398 Å². The first-order chi connectivity index (χ1) is 33.0. The molecule has 0 spiro atoms. The van der Waals surface area contributed by atoms with Gasteiger partial charge < -0.3 is 18.6 Å². The van der Waals surface area contributed by atoms with Crippen molar-refractivity contribution in [3.05, 3.63) is 192 Å². The molecule has 0 radical (unpaired) electrons. The molecule has 0 aliphatic rings. The van der Waals surface area contributed by atoms with Crippen LogP contribution in [0.5, 0.6) is 0 Å². The molecule has 0 bridgehead atoms. The lowest BCUT2D eigenvalue weighted by Crippen LogP contribution is -2.15. The highest BCUT2D eigenvalue weighted by molar-refractivity contribution is 6.20. The van der Waals surface area contributed by atoms with E-state index in [1.807, 2.05) is 0 Å². The number of nitriles is 1.